The third kappa shape index (κ3) is 8.23. The lowest BCUT2D eigenvalue weighted by Gasteiger charge is -2.32. The van der Waals surface area contributed by atoms with Crippen LogP contribution >= 0.6 is 11.8 Å². The first-order valence-corrected chi connectivity index (χ1v) is 16.0. The van der Waals surface area contributed by atoms with E-state index < -0.39 is 34.3 Å². The molecule has 0 fully saturated rings. The molecular formula is C30H36FN3O5S2. The van der Waals surface area contributed by atoms with Crippen molar-refractivity contribution in [2.75, 3.05) is 30.3 Å². The van der Waals surface area contributed by atoms with Gasteiger partial charge >= 0.3 is 0 Å². The lowest BCUT2D eigenvalue weighted by Crippen LogP contribution is -2.51. The lowest BCUT2D eigenvalue weighted by atomic mass is 10.1. The predicted molar refractivity (Wildman–Crippen MR) is 160 cm³/mol. The fourth-order valence-corrected chi connectivity index (χ4v) is 5.93. The summed E-state index contributed by atoms with van der Waals surface area (Å²) in [7, 11) is -4.24. The van der Waals surface area contributed by atoms with Crippen molar-refractivity contribution in [3.8, 4) is 5.75 Å². The molecular weight excluding hydrogens is 565 g/mol. The van der Waals surface area contributed by atoms with E-state index in [4.69, 9.17) is 4.74 Å². The summed E-state index contributed by atoms with van der Waals surface area (Å²) < 4.78 is 48.4. The van der Waals surface area contributed by atoms with Crippen LogP contribution in [-0.4, -0.2) is 57.1 Å². The van der Waals surface area contributed by atoms with Gasteiger partial charge in [-0.1, -0.05) is 31.2 Å². The van der Waals surface area contributed by atoms with Crippen molar-refractivity contribution in [2.45, 2.75) is 49.6 Å². The summed E-state index contributed by atoms with van der Waals surface area (Å²) in [5.74, 6) is -1.12. The molecule has 8 nitrogen and oxygen atoms in total. The van der Waals surface area contributed by atoms with Gasteiger partial charge in [0.15, 0.2) is 0 Å². The molecule has 41 heavy (non-hydrogen) atoms. The molecule has 0 unspecified atom stereocenters. The van der Waals surface area contributed by atoms with Gasteiger partial charge in [0.05, 0.1) is 17.2 Å². The number of thioether (sulfide) groups is 1. The molecule has 220 valence electrons. The monoisotopic (exact) mass is 601 g/mol. The number of rotatable bonds is 14. The van der Waals surface area contributed by atoms with Gasteiger partial charge in [0.2, 0.25) is 11.8 Å². The van der Waals surface area contributed by atoms with Crippen LogP contribution in [0.4, 0.5) is 10.1 Å². The van der Waals surface area contributed by atoms with E-state index in [-0.39, 0.29) is 29.6 Å². The highest BCUT2D eigenvalue weighted by molar-refractivity contribution is 7.98. The molecule has 0 aromatic heterocycles. The maximum Gasteiger partial charge on any atom is 0.264 e. The number of carbonyl (C=O) groups excluding carboxylic acids is 2. The Balaban J connectivity index is 2.07. The van der Waals surface area contributed by atoms with Crippen LogP contribution in [0, 0.1) is 5.82 Å². The molecule has 0 spiro atoms. The van der Waals surface area contributed by atoms with Gasteiger partial charge in [0.1, 0.15) is 24.2 Å². The normalized spacial score (nSPS) is 11.9. The predicted octanol–water partition coefficient (Wildman–Crippen LogP) is 5.09. The number of halogens is 1. The van der Waals surface area contributed by atoms with Crippen molar-refractivity contribution >= 4 is 39.3 Å². The van der Waals surface area contributed by atoms with Gasteiger partial charge in [0.25, 0.3) is 10.0 Å². The van der Waals surface area contributed by atoms with Crippen LogP contribution in [0.2, 0.25) is 0 Å². The molecule has 0 radical (unpaired) electrons. The Bertz CT molecular complexity index is 1420. The Labute approximate surface area is 245 Å². The average molecular weight is 602 g/mol. The molecule has 0 heterocycles. The van der Waals surface area contributed by atoms with E-state index in [1.165, 1.54) is 53.1 Å². The van der Waals surface area contributed by atoms with E-state index in [9.17, 15) is 22.4 Å². The molecule has 0 saturated carbocycles. The SMILES string of the molecule is CCCNC(=O)[C@@H](C)N(Cc1ccc(F)cc1)C(=O)CN(c1ccccc1OCC)S(=O)(=O)c1ccc(SC)cc1. The van der Waals surface area contributed by atoms with Crippen LogP contribution in [0.1, 0.15) is 32.8 Å². The highest BCUT2D eigenvalue weighted by atomic mass is 32.2. The number of benzene rings is 3. The highest BCUT2D eigenvalue weighted by Crippen LogP contribution is 2.33. The minimum atomic E-state index is -4.24. The molecule has 0 saturated heterocycles. The van der Waals surface area contributed by atoms with E-state index in [0.29, 0.717) is 24.3 Å². The van der Waals surface area contributed by atoms with Crippen LogP contribution in [0.5, 0.6) is 5.75 Å². The second-order valence-electron chi connectivity index (χ2n) is 9.20. The van der Waals surface area contributed by atoms with Crippen molar-refractivity contribution in [3.63, 3.8) is 0 Å². The van der Waals surface area contributed by atoms with Crippen LogP contribution in [-0.2, 0) is 26.2 Å². The molecule has 1 N–H and O–H groups in total. The second-order valence-corrected chi connectivity index (χ2v) is 11.9. The topological polar surface area (TPSA) is 96.0 Å². The number of hydrogen-bond acceptors (Lipinski definition) is 6. The van der Waals surface area contributed by atoms with E-state index in [1.807, 2.05) is 13.2 Å². The number of amides is 2. The molecule has 3 aromatic carbocycles. The van der Waals surface area contributed by atoms with Crippen molar-refractivity contribution < 1.29 is 27.1 Å². The van der Waals surface area contributed by atoms with Gasteiger partial charge in [-0.25, -0.2) is 12.8 Å². The molecule has 0 aliphatic rings. The summed E-state index contributed by atoms with van der Waals surface area (Å²) in [5.41, 5.74) is 0.785. The van der Waals surface area contributed by atoms with Gasteiger partial charge in [-0.2, -0.15) is 0 Å². The number of carbonyl (C=O) groups is 2. The number of nitrogens with one attached hydrogen (secondary N) is 1. The van der Waals surface area contributed by atoms with Crippen molar-refractivity contribution in [3.05, 3.63) is 84.2 Å². The maximum atomic E-state index is 14.1. The zero-order valence-electron chi connectivity index (χ0n) is 23.7. The number of para-hydroxylation sites is 2. The van der Waals surface area contributed by atoms with Gasteiger partial charge < -0.3 is 15.0 Å². The van der Waals surface area contributed by atoms with Gasteiger partial charge in [0, 0.05) is 18.0 Å². The van der Waals surface area contributed by atoms with Crippen LogP contribution in [0.15, 0.2) is 82.6 Å². The number of sulfonamides is 1. The molecule has 1 atom stereocenters. The summed E-state index contributed by atoms with van der Waals surface area (Å²) in [6, 6.07) is 17.7. The number of anilines is 1. The van der Waals surface area contributed by atoms with E-state index >= 15 is 0 Å². The second kappa shape index (κ2) is 14.9. The highest BCUT2D eigenvalue weighted by Gasteiger charge is 2.33. The number of hydrogen-bond donors (Lipinski definition) is 1. The molecule has 0 aliphatic heterocycles. The molecule has 0 aliphatic carbocycles. The lowest BCUT2D eigenvalue weighted by molar-refractivity contribution is -0.139. The largest absolute Gasteiger partial charge is 0.492 e. The molecule has 3 rings (SSSR count). The Morgan fingerprint density at radius 2 is 1.66 bits per heavy atom. The van der Waals surface area contributed by atoms with Gasteiger partial charge in [-0.15, -0.1) is 11.8 Å². The number of ether oxygens (including phenoxy) is 1. The fourth-order valence-electron chi connectivity index (χ4n) is 4.09. The van der Waals surface area contributed by atoms with Crippen molar-refractivity contribution in [1.82, 2.24) is 10.2 Å². The Morgan fingerprint density at radius 3 is 2.27 bits per heavy atom. The van der Waals surface area contributed by atoms with E-state index in [0.717, 1.165) is 9.20 Å². The Hall–Kier alpha value is -3.57. The molecule has 2 amide bonds. The van der Waals surface area contributed by atoms with Crippen LogP contribution < -0.4 is 14.4 Å². The van der Waals surface area contributed by atoms with Crippen LogP contribution in [0.25, 0.3) is 0 Å². The molecule has 11 heteroatoms. The smallest absolute Gasteiger partial charge is 0.264 e. The van der Waals surface area contributed by atoms with Crippen molar-refractivity contribution in [1.29, 1.82) is 0 Å². The first kappa shape index (κ1) is 32.0. The maximum absolute atomic E-state index is 14.1. The quantitative estimate of drug-likeness (QED) is 0.259. The molecule has 3 aromatic rings. The summed E-state index contributed by atoms with van der Waals surface area (Å²) >= 11 is 1.48. The first-order chi connectivity index (χ1) is 19.6. The summed E-state index contributed by atoms with van der Waals surface area (Å²) in [5, 5.41) is 2.79. The van der Waals surface area contributed by atoms with E-state index in [1.54, 1.807) is 50.2 Å². The van der Waals surface area contributed by atoms with Crippen LogP contribution in [0.3, 0.4) is 0 Å². The average Bonchev–Trinajstić information content (AvgIpc) is 2.98. The zero-order chi connectivity index (χ0) is 30.0. The zero-order valence-corrected chi connectivity index (χ0v) is 25.3. The third-order valence-electron chi connectivity index (χ3n) is 6.34. The van der Waals surface area contributed by atoms with E-state index in [2.05, 4.69) is 5.32 Å². The minimum absolute atomic E-state index is 0.00761. The molecule has 0 bridgehead atoms. The summed E-state index contributed by atoms with van der Waals surface area (Å²) in [6.07, 6.45) is 2.60. The summed E-state index contributed by atoms with van der Waals surface area (Å²) in [6.45, 7) is 5.37. The Morgan fingerprint density at radius 1 is 1.00 bits per heavy atom. The summed E-state index contributed by atoms with van der Waals surface area (Å²) in [4.78, 5) is 29.1. The first-order valence-electron chi connectivity index (χ1n) is 13.3. The number of nitrogens with zero attached hydrogens (tertiary/aromatic N) is 2. The minimum Gasteiger partial charge on any atom is -0.492 e. The standard InChI is InChI=1S/C30H36FN3O5S2/c1-5-19-32-30(36)22(3)33(20-23-11-13-24(31)14-12-23)29(35)21-34(27-9-7-8-10-28(27)39-6-2)41(37,38)26-17-15-25(40-4)16-18-26/h7-18,22H,5-6,19-21H2,1-4H3,(H,32,36)/t22-/m1/s1. The van der Waals surface area contributed by atoms with Gasteiger partial charge in [-0.3, -0.25) is 13.9 Å². The Kier molecular flexibility index (Phi) is 11.6. The van der Waals surface area contributed by atoms with Crippen molar-refractivity contribution in [2.24, 2.45) is 0 Å². The van der Waals surface area contributed by atoms with Gasteiger partial charge in [-0.05, 0) is 80.6 Å². The fraction of sp³-hybridized carbons (Fsp3) is 0.333. The third-order valence-corrected chi connectivity index (χ3v) is 8.86.